The van der Waals surface area contributed by atoms with Crippen molar-refractivity contribution in [3.63, 3.8) is 0 Å². The maximum absolute atomic E-state index is 10.0. The summed E-state index contributed by atoms with van der Waals surface area (Å²) >= 11 is 0. The lowest BCUT2D eigenvalue weighted by molar-refractivity contribution is 0.381. The number of likely N-dealkylation sites (tertiary alicyclic amines) is 1. The summed E-state index contributed by atoms with van der Waals surface area (Å²) in [6.07, 6.45) is 5.60. The molecule has 27 heavy (non-hydrogen) atoms. The SMILES string of the molecule is CN1CC(c2cc(/C=C(\N)c3ccccc3O)c(N)[nH]2)C(n2cccn2)C1. The second kappa shape index (κ2) is 6.85. The van der Waals surface area contributed by atoms with E-state index in [4.69, 9.17) is 11.5 Å². The lowest BCUT2D eigenvalue weighted by Crippen LogP contribution is -2.18. The number of para-hydroxylation sites is 1. The summed E-state index contributed by atoms with van der Waals surface area (Å²) in [6, 6.07) is 11.2. The van der Waals surface area contributed by atoms with E-state index in [1.165, 1.54) is 0 Å². The zero-order chi connectivity index (χ0) is 19.0. The highest BCUT2D eigenvalue weighted by atomic mass is 16.3. The summed E-state index contributed by atoms with van der Waals surface area (Å²) in [5, 5.41) is 14.4. The molecule has 2 unspecified atom stereocenters. The van der Waals surface area contributed by atoms with Crippen LogP contribution in [0.4, 0.5) is 5.82 Å². The van der Waals surface area contributed by atoms with Crippen LogP contribution in [0.2, 0.25) is 0 Å². The van der Waals surface area contributed by atoms with Crippen LogP contribution in [-0.4, -0.2) is 44.9 Å². The van der Waals surface area contributed by atoms with Crippen LogP contribution in [-0.2, 0) is 0 Å². The van der Waals surface area contributed by atoms with Gasteiger partial charge in [-0.2, -0.15) is 5.10 Å². The standard InChI is InChI=1S/C20H24N6O/c1-25-11-15(18(12-25)26-8-4-7-23-26)17-10-13(20(22)24-17)9-16(21)14-5-2-3-6-19(14)27/h2-10,15,18,24,27H,11-12,21-22H2,1H3/b16-9-. The normalized spacial score (nSPS) is 21.0. The molecule has 0 radical (unpaired) electrons. The van der Waals surface area contributed by atoms with Crippen LogP contribution in [0.25, 0.3) is 11.8 Å². The van der Waals surface area contributed by atoms with Gasteiger partial charge in [-0.1, -0.05) is 12.1 Å². The third-order valence-electron chi connectivity index (χ3n) is 5.16. The molecule has 6 N–H and O–H groups in total. The van der Waals surface area contributed by atoms with Crippen molar-refractivity contribution >= 4 is 17.6 Å². The summed E-state index contributed by atoms with van der Waals surface area (Å²) in [7, 11) is 2.11. The van der Waals surface area contributed by atoms with Crippen molar-refractivity contribution in [2.24, 2.45) is 5.73 Å². The van der Waals surface area contributed by atoms with E-state index in [-0.39, 0.29) is 17.7 Å². The zero-order valence-electron chi connectivity index (χ0n) is 15.2. The van der Waals surface area contributed by atoms with Crippen LogP contribution in [0.3, 0.4) is 0 Å². The molecule has 1 aliphatic heterocycles. The number of nitrogens with two attached hydrogens (primary N) is 2. The second-order valence-corrected chi connectivity index (χ2v) is 7.09. The molecule has 4 rings (SSSR count). The number of anilines is 1. The topological polar surface area (TPSA) is 109 Å². The summed E-state index contributed by atoms with van der Waals surface area (Å²) in [6.45, 7) is 1.85. The van der Waals surface area contributed by atoms with E-state index in [9.17, 15) is 5.11 Å². The van der Waals surface area contributed by atoms with Crippen LogP contribution >= 0.6 is 0 Å². The molecule has 3 aromatic rings. The van der Waals surface area contributed by atoms with E-state index in [0.29, 0.717) is 17.1 Å². The molecule has 0 amide bonds. The van der Waals surface area contributed by atoms with Gasteiger partial charge in [0.15, 0.2) is 0 Å². The van der Waals surface area contributed by atoms with Gasteiger partial charge in [-0.15, -0.1) is 0 Å². The molecule has 0 saturated carbocycles. The molecule has 140 valence electrons. The summed E-state index contributed by atoms with van der Waals surface area (Å²) in [4.78, 5) is 5.61. The number of benzene rings is 1. The van der Waals surface area contributed by atoms with E-state index in [1.54, 1.807) is 30.5 Å². The molecule has 2 atom stereocenters. The Morgan fingerprint density at radius 1 is 1.30 bits per heavy atom. The molecule has 1 saturated heterocycles. The van der Waals surface area contributed by atoms with Crippen molar-refractivity contribution < 1.29 is 5.11 Å². The molecule has 0 aliphatic carbocycles. The Balaban J connectivity index is 1.65. The monoisotopic (exact) mass is 364 g/mol. The minimum atomic E-state index is 0.150. The molecular formula is C20H24N6O. The van der Waals surface area contributed by atoms with Gasteiger partial charge in [0, 0.05) is 53.9 Å². The fraction of sp³-hybridized carbons (Fsp3) is 0.250. The maximum atomic E-state index is 10.0. The average Bonchev–Trinajstić information content (AvgIpc) is 3.36. The van der Waals surface area contributed by atoms with Gasteiger partial charge >= 0.3 is 0 Å². The fourth-order valence-corrected chi connectivity index (χ4v) is 3.82. The quantitative estimate of drug-likeness (QED) is 0.568. The van der Waals surface area contributed by atoms with Crippen molar-refractivity contribution in [3.8, 4) is 5.75 Å². The number of hydrogen-bond acceptors (Lipinski definition) is 5. The average molecular weight is 364 g/mol. The van der Waals surface area contributed by atoms with Gasteiger partial charge in [-0.25, -0.2) is 0 Å². The summed E-state index contributed by atoms with van der Waals surface area (Å²) < 4.78 is 2.01. The maximum Gasteiger partial charge on any atom is 0.124 e. The molecule has 0 bridgehead atoms. The molecule has 2 aromatic heterocycles. The van der Waals surface area contributed by atoms with Gasteiger partial charge in [0.25, 0.3) is 0 Å². The van der Waals surface area contributed by atoms with Gasteiger partial charge in [0.05, 0.1) is 6.04 Å². The predicted molar refractivity (Wildman–Crippen MR) is 107 cm³/mol. The number of aromatic nitrogens is 3. The number of phenolic OH excluding ortho intramolecular Hbond substituents is 1. The molecule has 1 fully saturated rings. The zero-order valence-corrected chi connectivity index (χ0v) is 15.2. The van der Waals surface area contributed by atoms with Gasteiger partial charge in [0.2, 0.25) is 0 Å². The number of hydrogen-bond donors (Lipinski definition) is 4. The van der Waals surface area contributed by atoms with Crippen molar-refractivity contribution in [2.45, 2.75) is 12.0 Å². The number of aromatic hydroxyl groups is 1. The number of nitrogen functional groups attached to an aromatic ring is 1. The van der Waals surface area contributed by atoms with Crippen molar-refractivity contribution in [1.29, 1.82) is 0 Å². The molecule has 7 nitrogen and oxygen atoms in total. The Morgan fingerprint density at radius 3 is 2.85 bits per heavy atom. The van der Waals surface area contributed by atoms with Crippen molar-refractivity contribution in [1.82, 2.24) is 19.7 Å². The number of H-pyrrole nitrogens is 1. The van der Waals surface area contributed by atoms with E-state index in [1.807, 2.05) is 29.1 Å². The van der Waals surface area contributed by atoms with E-state index in [2.05, 4.69) is 22.0 Å². The van der Waals surface area contributed by atoms with Crippen molar-refractivity contribution in [2.75, 3.05) is 25.9 Å². The Kier molecular flexibility index (Phi) is 4.37. The first kappa shape index (κ1) is 17.2. The van der Waals surface area contributed by atoms with Crippen LogP contribution in [0.1, 0.15) is 28.8 Å². The van der Waals surface area contributed by atoms with Gasteiger partial charge in [0.1, 0.15) is 11.6 Å². The largest absolute Gasteiger partial charge is 0.507 e. The van der Waals surface area contributed by atoms with E-state index < -0.39 is 0 Å². The Labute approximate surface area is 157 Å². The summed E-state index contributed by atoms with van der Waals surface area (Å²) in [5.74, 6) is 0.972. The number of phenols is 1. The van der Waals surface area contributed by atoms with Crippen LogP contribution in [0, 0.1) is 0 Å². The lowest BCUT2D eigenvalue weighted by atomic mass is 9.99. The van der Waals surface area contributed by atoms with Gasteiger partial charge < -0.3 is 26.5 Å². The highest BCUT2D eigenvalue weighted by molar-refractivity contribution is 5.84. The number of rotatable bonds is 4. The Bertz CT molecular complexity index is 959. The molecule has 1 aromatic carbocycles. The second-order valence-electron chi connectivity index (χ2n) is 7.09. The number of nitrogens with one attached hydrogen (secondary N) is 1. The third kappa shape index (κ3) is 3.29. The molecule has 7 heteroatoms. The smallest absolute Gasteiger partial charge is 0.124 e. The van der Waals surface area contributed by atoms with Gasteiger partial charge in [-0.3, -0.25) is 4.68 Å². The number of likely N-dealkylation sites (N-methyl/N-ethyl adjacent to an activating group) is 1. The minimum absolute atomic E-state index is 0.150. The fourth-order valence-electron chi connectivity index (χ4n) is 3.82. The molecule has 0 spiro atoms. The first-order valence-corrected chi connectivity index (χ1v) is 8.94. The van der Waals surface area contributed by atoms with Gasteiger partial charge in [-0.05, 0) is 37.4 Å². The Hall–Kier alpha value is -3.19. The van der Waals surface area contributed by atoms with E-state index in [0.717, 1.165) is 24.3 Å². The predicted octanol–water partition coefficient (Wildman–Crippen LogP) is 2.23. The van der Waals surface area contributed by atoms with Crippen LogP contribution in [0.15, 0.2) is 48.8 Å². The summed E-state index contributed by atoms with van der Waals surface area (Å²) in [5.41, 5.74) is 15.4. The highest BCUT2D eigenvalue weighted by Crippen LogP contribution is 2.36. The third-order valence-corrected chi connectivity index (χ3v) is 5.16. The van der Waals surface area contributed by atoms with Crippen LogP contribution < -0.4 is 11.5 Å². The van der Waals surface area contributed by atoms with Crippen molar-refractivity contribution in [3.05, 3.63) is 65.6 Å². The number of nitrogens with zero attached hydrogens (tertiary/aromatic N) is 3. The lowest BCUT2D eigenvalue weighted by Gasteiger charge is -2.17. The molecule has 3 heterocycles. The number of aromatic amines is 1. The first-order chi connectivity index (χ1) is 13.0. The first-order valence-electron chi connectivity index (χ1n) is 8.94. The molecular weight excluding hydrogens is 340 g/mol. The van der Waals surface area contributed by atoms with E-state index >= 15 is 0 Å². The minimum Gasteiger partial charge on any atom is -0.507 e. The van der Waals surface area contributed by atoms with Crippen LogP contribution in [0.5, 0.6) is 5.75 Å². The molecule has 1 aliphatic rings. The Morgan fingerprint density at radius 2 is 2.11 bits per heavy atom. The highest BCUT2D eigenvalue weighted by Gasteiger charge is 2.34.